The maximum Gasteiger partial charge on any atom is 0.321 e. The lowest BCUT2D eigenvalue weighted by Gasteiger charge is -2.32. The van der Waals surface area contributed by atoms with Crippen molar-refractivity contribution in [3.63, 3.8) is 0 Å². The Morgan fingerprint density at radius 1 is 1.45 bits per heavy atom. The van der Waals surface area contributed by atoms with Crippen LogP contribution >= 0.6 is 11.6 Å². The van der Waals surface area contributed by atoms with Crippen LogP contribution in [0.3, 0.4) is 0 Å². The summed E-state index contributed by atoms with van der Waals surface area (Å²) < 4.78 is 0. The number of rotatable bonds is 2. The summed E-state index contributed by atoms with van der Waals surface area (Å²) >= 11 is 5.79. The van der Waals surface area contributed by atoms with Gasteiger partial charge in [0, 0.05) is 29.7 Å². The lowest BCUT2D eigenvalue weighted by molar-refractivity contribution is 0.190. The highest BCUT2D eigenvalue weighted by molar-refractivity contribution is 6.30. The minimum atomic E-state index is -0.192. The smallest absolute Gasteiger partial charge is 0.321 e. The van der Waals surface area contributed by atoms with Gasteiger partial charge in [-0.2, -0.15) is 0 Å². The first-order valence-electron chi connectivity index (χ1n) is 6.39. The van der Waals surface area contributed by atoms with Crippen molar-refractivity contribution in [3.05, 3.63) is 29.3 Å². The summed E-state index contributed by atoms with van der Waals surface area (Å²) in [6, 6.07) is 6.72. The first-order chi connectivity index (χ1) is 9.60. The van der Waals surface area contributed by atoms with Crippen LogP contribution in [0.4, 0.5) is 10.5 Å². The second-order valence-corrected chi connectivity index (χ2v) is 5.18. The third kappa shape index (κ3) is 3.54. The van der Waals surface area contributed by atoms with Crippen molar-refractivity contribution < 1.29 is 10.0 Å². The number of benzene rings is 1. The van der Waals surface area contributed by atoms with E-state index in [1.54, 1.807) is 29.2 Å². The molecule has 2 rings (SSSR count). The normalized spacial score (nSPS) is 19.8. The van der Waals surface area contributed by atoms with Gasteiger partial charge in [0.1, 0.15) is 5.84 Å². The van der Waals surface area contributed by atoms with E-state index in [9.17, 15) is 4.79 Å². The van der Waals surface area contributed by atoms with Crippen molar-refractivity contribution in [2.45, 2.75) is 12.8 Å². The van der Waals surface area contributed by atoms with Crippen LogP contribution in [-0.2, 0) is 0 Å². The van der Waals surface area contributed by atoms with Crippen LogP contribution in [0.1, 0.15) is 12.8 Å². The maximum absolute atomic E-state index is 12.1. The van der Waals surface area contributed by atoms with E-state index >= 15 is 0 Å². The minimum absolute atomic E-state index is 0.0929. The van der Waals surface area contributed by atoms with Crippen LogP contribution in [-0.4, -0.2) is 35.1 Å². The molecule has 20 heavy (non-hydrogen) atoms. The second-order valence-electron chi connectivity index (χ2n) is 4.75. The third-order valence-corrected chi connectivity index (χ3v) is 3.59. The molecule has 7 heteroatoms. The lowest BCUT2D eigenvalue weighted by atomic mass is 9.97. The highest BCUT2D eigenvalue weighted by atomic mass is 35.5. The first-order valence-corrected chi connectivity index (χ1v) is 6.77. The van der Waals surface area contributed by atoms with E-state index < -0.39 is 0 Å². The lowest BCUT2D eigenvalue weighted by Crippen LogP contribution is -2.45. The van der Waals surface area contributed by atoms with E-state index in [1.807, 2.05) is 0 Å². The predicted molar refractivity (Wildman–Crippen MR) is 78.2 cm³/mol. The molecule has 0 saturated carbocycles. The second kappa shape index (κ2) is 6.47. The van der Waals surface area contributed by atoms with Gasteiger partial charge in [0.25, 0.3) is 0 Å². The van der Waals surface area contributed by atoms with Crippen LogP contribution in [0, 0.1) is 5.92 Å². The zero-order chi connectivity index (χ0) is 14.5. The summed E-state index contributed by atoms with van der Waals surface area (Å²) in [6.45, 7) is 1.12. The van der Waals surface area contributed by atoms with Gasteiger partial charge >= 0.3 is 6.03 Å². The zero-order valence-corrected chi connectivity index (χ0v) is 11.7. The maximum atomic E-state index is 12.1. The van der Waals surface area contributed by atoms with Crippen molar-refractivity contribution >= 4 is 29.2 Å². The van der Waals surface area contributed by atoms with E-state index in [0.29, 0.717) is 23.8 Å². The Morgan fingerprint density at radius 3 is 2.80 bits per heavy atom. The number of nitrogens with one attached hydrogen (secondary N) is 1. The van der Waals surface area contributed by atoms with Crippen LogP contribution in [0.2, 0.25) is 5.02 Å². The average Bonchev–Trinajstić information content (AvgIpc) is 2.49. The molecule has 0 bridgehead atoms. The van der Waals surface area contributed by atoms with Gasteiger partial charge in [-0.3, -0.25) is 0 Å². The van der Waals surface area contributed by atoms with Crippen molar-refractivity contribution in [3.8, 4) is 0 Å². The Hall–Kier alpha value is -1.95. The average molecular weight is 297 g/mol. The molecule has 0 radical (unpaired) electrons. The number of oxime groups is 1. The SMILES string of the molecule is NC(=NO)C1CCCN(C(=O)Nc2ccc(Cl)cc2)C1. The molecule has 0 aromatic heterocycles. The summed E-state index contributed by atoms with van der Waals surface area (Å²) in [5.41, 5.74) is 6.29. The highest BCUT2D eigenvalue weighted by Crippen LogP contribution is 2.19. The van der Waals surface area contributed by atoms with Crippen molar-refractivity contribution in [1.29, 1.82) is 0 Å². The molecule has 1 saturated heterocycles. The molecule has 108 valence electrons. The molecule has 1 aliphatic rings. The Balaban J connectivity index is 1.96. The molecule has 1 heterocycles. The minimum Gasteiger partial charge on any atom is -0.409 e. The zero-order valence-electron chi connectivity index (χ0n) is 10.9. The fourth-order valence-corrected chi connectivity index (χ4v) is 2.35. The number of amides is 2. The standard InChI is InChI=1S/C13H17ClN4O2/c14-10-3-5-11(6-4-10)16-13(19)18-7-1-2-9(8-18)12(15)17-20/h3-6,9,20H,1-2,7-8H2,(H2,15,17)(H,16,19). The van der Waals surface area contributed by atoms with E-state index in [1.165, 1.54) is 0 Å². The molecule has 2 amide bonds. The number of piperidine rings is 1. The van der Waals surface area contributed by atoms with Gasteiger partial charge < -0.3 is 21.2 Å². The Bertz CT molecular complexity index is 504. The number of nitrogens with zero attached hydrogens (tertiary/aromatic N) is 2. The van der Waals surface area contributed by atoms with E-state index in [-0.39, 0.29) is 17.8 Å². The molecule has 0 aliphatic carbocycles. The number of carbonyl (C=O) groups is 1. The summed E-state index contributed by atoms with van der Waals surface area (Å²) in [6.07, 6.45) is 1.65. The van der Waals surface area contributed by atoms with Gasteiger partial charge in [0.15, 0.2) is 0 Å². The first kappa shape index (κ1) is 14.5. The molecule has 1 fully saturated rings. The number of carbonyl (C=O) groups excluding carboxylic acids is 1. The Labute approximate surface area is 122 Å². The molecular formula is C13H17ClN4O2. The third-order valence-electron chi connectivity index (χ3n) is 3.34. The number of amidine groups is 1. The summed E-state index contributed by atoms with van der Waals surface area (Å²) in [5.74, 6) is 0.0821. The summed E-state index contributed by atoms with van der Waals surface area (Å²) in [7, 11) is 0. The van der Waals surface area contributed by atoms with Crippen LogP contribution in [0.25, 0.3) is 0 Å². The van der Waals surface area contributed by atoms with Gasteiger partial charge in [-0.05, 0) is 37.1 Å². The van der Waals surface area contributed by atoms with Gasteiger partial charge in [0.2, 0.25) is 0 Å². The number of likely N-dealkylation sites (tertiary alicyclic amines) is 1. The van der Waals surface area contributed by atoms with E-state index in [0.717, 1.165) is 12.8 Å². The highest BCUT2D eigenvalue weighted by Gasteiger charge is 2.26. The van der Waals surface area contributed by atoms with Crippen molar-refractivity contribution in [1.82, 2.24) is 4.90 Å². The van der Waals surface area contributed by atoms with E-state index in [4.69, 9.17) is 22.5 Å². The molecule has 1 unspecified atom stereocenters. The predicted octanol–water partition coefficient (Wildman–Crippen LogP) is 2.33. The van der Waals surface area contributed by atoms with Crippen molar-refractivity contribution in [2.24, 2.45) is 16.8 Å². The Morgan fingerprint density at radius 2 is 2.15 bits per heavy atom. The molecule has 1 aliphatic heterocycles. The fourth-order valence-electron chi connectivity index (χ4n) is 2.22. The molecule has 1 aromatic rings. The van der Waals surface area contributed by atoms with E-state index in [2.05, 4.69) is 10.5 Å². The monoisotopic (exact) mass is 296 g/mol. The number of halogens is 1. The summed E-state index contributed by atoms with van der Waals surface area (Å²) in [5, 5.41) is 15.1. The molecule has 0 spiro atoms. The van der Waals surface area contributed by atoms with Crippen LogP contribution in [0.15, 0.2) is 29.4 Å². The number of hydrogen-bond acceptors (Lipinski definition) is 3. The molecule has 1 atom stereocenters. The fraction of sp³-hybridized carbons (Fsp3) is 0.385. The van der Waals surface area contributed by atoms with Gasteiger partial charge in [-0.1, -0.05) is 16.8 Å². The number of hydrogen-bond donors (Lipinski definition) is 3. The quantitative estimate of drug-likeness (QED) is 0.338. The molecular weight excluding hydrogens is 280 g/mol. The van der Waals surface area contributed by atoms with Crippen LogP contribution < -0.4 is 11.1 Å². The number of anilines is 1. The van der Waals surface area contributed by atoms with Gasteiger partial charge in [0.05, 0.1) is 0 Å². The van der Waals surface area contributed by atoms with Gasteiger partial charge in [-0.25, -0.2) is 4.79 Å². The topological polar surface area (TPSA) is 91.0 Å². The largest absolute Gasteiger partial charge is 0.409 e. The van der Waals surface area contributed by atoms with Crippen molar-refractivity contribution in [2.75, 3.05) is 18.4 Å². The summed E-state index contributed by atoms with van der Waals surface area (Å²) in [4.78, 5) is 13.8. The molecule has 6 nitrogen and oxygen atoms in total. The number of nitrogens with two attached hydrogens (primary N) is 1. The molecule has 1 aromatic carbocycles. The Kier molecular flexibility index (Phi) is 4.68. The number of urea groups is 1. The van der Waals surface area contributed by atoms with Crippen LogP contribution in [0.5, 0.6) is 0 Å². The molecule has 4 N–H and O–H groups in total. The van der Waals surface area contributed by atoms with Gasteiger partial charge in [-0.15, -0.1) is 0 Å².